The van der Waals surface area contributed by atoms with Crippen molar-refractivity contribution in [3.63, 3.8) is 0 Å². The average Bonchev–Trinajstić information content (AvgIpc) is 2.42. The number of hydrogen-bond acceptors (Lipinski definition) is 5. The second kappa shape index (κ2) is 7.55. The molecule has 0 saturated heterocycles. The molecule has 9 heteroatoms. The molecule has 21 heavy (non-hydrogen) atoms. The highest BCUT2D eigenvalue weighted by Gasteiger charge is 2.23. The minimum absolute atomic E-state index is 0.00557. The van der Waals surface area contributed by atoms with Crippen LogP contribution in [0.4, 0.5) is 5.69 Å². The molecular formula is C12H13ClN2O6. The topological polar surface area (TPSA) is 119 Å². The molecule has 0 radical (unpaired) electrons. The van der Waals surface area contributed by atoms with Gasteiger partial charge in [-0.15, -0.1) is 0 Å². The van der Waals surface area contributed by atoms with E-state index in [2.05, 4.69) is 5.32 Å². The lowest BCUT2D eigenvalue weighted by Gasteiger charge is -2.14. The Labute approximate surface area is 124 Å². The van der Waals surface area contributed by atoms with Gasteiger partial charge in [-0.2, -0.15) is 0 Å². The van der Waals surface area contributed by atoms with Gasteiger partial charge in [-0.3, -0.25) is 14.9 Å². The lowest BCUT2D eigenvalue weighted by Crippen LogP contribution is -2.41. The van der Waals surface area contributed by atoms with Crippen LogP contribution in [0, 0.1) is 10.1 Å². The quantitative estimate of drug-likeness (QED) is 0.580. The number of methoxy groups -OCH3 is 1. The minimum atomic E-state index is -1.23. The molecule has 0 spiro atoms. The van der Waals surface area contributed by atoms with Gasteiger partial charge in [-0.05, 0) is 6.07 Å². The summed E-state index contributed by atoms with van der Waals surface area (Å²) in [4.78, 5) is 33.0. The number of aliphatic carboxylic acids is 1. The van der Waals surface area contributed by atoms with Crippen LogP contribution >= 0.6 is 11.6 Å². The number of nitrogens with one attached hydrogen (secondary N) is 1. The number of carbonyl (C=O) groups excluding carboxylic acids is 1. The Morgan fingerprint density at radius 1 is 1.52 bits per heavy atom. The van der Waals surface area contributed by atoms with Crippen LogP contribution in [-0.2, 0) is 9.53 Å². The maximum Gasteiger partial charge on any atom is 0.326 e. The van der Waals surface area contributed by atoms with Gasteiger partial charge in [0, 0.05) is 32.3 Å². The van der Waals surface area contributed by atoms with E-state index >= 15 is 0 Å². The Kier molecular flexibility index (Phi) is 6.07. The highest BCUT2D eigenvalue weighted by molar-refractivity contribution is 6.34. The van der Waals surface area contributed by atoms with Gasteiger partial charge in [0.1, 0.15) is 6.04 Å². The van der Waals surface area contributed by atoms with Crippen LogP contribution in [0.1, 0.15) is 16.8 Å². The van der Waals surface area contributed by atoms with Crippen molar-refractivity contribution in [2.24, 2.45) is 0 Å². The number of nitrogens with zero attached hydrogens (tertiary/aromatic N) is 1. The molecule has 8 nitrogen and oxygen atoms in total. The summed E-state index contributed by atoms with van der Waals surface area (Å²) in [5, 5.41) is 21.9. The summed E-state index contributed by atoms with van der Waals surface area (Å²) in [6, 6.07) is 2.18. The zero-order valence-corrected chi connectivity index (χ0v) is 11.8. The number of nitro benzene ring substituents is 1. The molecule has 0 aromatic heterocycles. The summed E-state index contributed by atoms with van der Waals surface area (Å²) in [6.45, 7) is 0.139. The average molecular weight is 317 g/mol. The molecule has 0 aliphatic rings. The first-order valence-corrected chi connectivity index (χ1v) is 6.21. The fourth-order valence-corrected chi connectivity index (χ4v) is 1.73. The number of ether oxygens (including phenoxy) is 1. The lowest BCUT2D eigenvalue weighted by molar-refractivity contribution is -0.384. The van der Waals surface area contributed by atoms with E-state index in [1.54, 1.807) is 0 Å². The molecule has 0 fully saturated rings. The van der Waals surface area contributed by atoms with Crippen LogP contribution in [0.25, 0.3) is 0 Å². The number of rotatable bonds is 7. The zero-order valence-electron chi connectivity index (χ0n) is 11.0. The molecule has 1 aromatic carbocycles. The molecule has 1 rings (SSSR count). The summed E-state index contributed by atoms with van der Waals surface area (Å²) >= 11 is 5.81. The van der Waals surface area contributed by atoms with Gasteiger partial charge in [0.05, 0.1) is 15.5 Å². The first-order chi connectivity index (χ1) is 9.86. The molecule has 0 aliphatic heterocycles. The third-order valence-corrected chi connectivity index (χ3v) is 2.95. The molecule has 1 unspecified atom stereocenters. The monoisotopic (exact) mass is 316 g/mol. The van der Waals surface area contributed by atoms with E-state index in [1.165, 1.54) is 13.2 Å². The number of hydrogen-bond donors (Lipinski definition) is 2. The summed E-state index contributed by atoms with van der Waals surface area (Å²) in [7, 11) is 1.40. The number of carboxylic acid groups (broad SMARTS) is 1. The van der Waals surface area contributed by atoms with Crippen LogP contribution in [0.5, 0.6) is 0 Å². The van der Waals surface area contributed by atoms with Crippen molar-refractivity contribution < 1.29 is 24.4 Å². The molecule has 114 valence electrons. The summed E-state index contributed by atoms with van der Waals surface area (Å²) < 4.78 is 4.75. The van der Waals surface area contributed by atoms with Crippen LogP contribution in [0.15, 0.2) is 18.2 Å². The van der Waals surface area contributed by atoms with Gasteiger partial charge in [0.2, 0.25) is 0 Å². The molecule has 0 aliphatic carbocycles. The Balaban J connectivity index is 2.94. The second-order valence-corrected chi connectivity index (χ2v) is 4.47. The van der Waals surface area contributed by atoms with Gasteiger partial charge < -0.3 is 15.2 Å². The van der Waals surface area contributed by atoms with E-state index in [1.807, 2.05) is 0 Å². The molecule has 1 aromatic rings. The highest BCUT2D eigenvalue weighted by Crippen LogP contribution is 2.22. The molecule has 2 N–H and O–H groups in total. The first-order valence-electron chi connectivity index (χ1n) is 5.83. The Morgan fingerprint density at radius 2 is 2.19 bits per heavy atom. The van der Waals surface area contributed by atoms with Gasteiger partial charge in [-0.25, -0.2) is 4.79 Å². The Bertz CT molecular complexity index is 563. The van der Waals surface area contributed by atoms with Crippen molar-refractivity contribution >= 4 is 29.2 Å². The number of carbonyl (C=O) groups is 2. The van der Waals surface area contributed by atoms with Crippen LogP contribution < -0.4 is 5.32 Å². The van der Waals surface area contributed by atoms with E-state index in [4.69, 9.17) is 21.4 Å². The molecular weight excluding hydrogens is 304 g/mol. The third kappa shape index (κ3) is 4.69. The van der Waals surface area contributed by atoms with Crippen molar-refractivity contribution in [2.75, 3.05) is 13.7 Å². The maximum absolute atomic E-state index is 12.0. The number of benzene rings is 1. The summed E-state index contributed by atoms with van der Waals surface area (Å²) in [5.41, 5.74) is -0.470. The van der Waals surface area contributed by atoms with Crippen molar-refractivity contribution in [2.45, 2.75) is 12.5 Å². The first kappa shape index (κ1) is 16.9. The maximum atomic E-state index is 12.0. The van der Waals surface area contributed by atoms with E-state index in [-0.39, 0.29) is 29.3 Å². The van der Waals surface area contributed by atoms with Crippen molar-refractivity contribution in [1.82, 2.24) is 5.32 Å². The van der Waals surface area contributed by atoms with Crippen LogP contribution in [-0.4, -0.2) is 41.7 Å². The van der Waals surface area contributed by atoms with E-state index < -0.39 is 22.8 Å². The Morgan fingerprint density at radius 3 is 2.71 bits per heavy atom. The predicted molar refractivity (Wildman–Crippen MR) is 73.5 cm³/mol. The third-order valence-electron chi connectivity index (χ3n) is 2.62. The standard InChI is InChI=1S/C12H13ClN2O6/c1-21-5-4-10(12(17)18)14-11(16)8-6-7(15(19)20)2-3-9(8)13/h2-3,6,10H,4-5H2,1H3,(H,14,16)(H,17,18). The fourth-order valence-electron chi connectivity index (χ4n) is 1.53. The molecule has 1 atom stereocenters. The van der Waals surface area contributed by atoms with E-state index in [9.17, 15) is 19.7 Å². The summed E-state index contributed by atoms with van der Waals surface area (Å²) in [6.07, 6.45) is 0.0596. The number of non-ortho nitro benzene ring substituents is 1. The van der Waals surface area contributed by atoms with E-state index in [0.717, 1.165) is 12.1 Å². The smallest absolute Gasteiger partial charge is 0.326 e. The number of carboxylic acids is 1. The lowest BCUT2D eigenvalue weighted by atomic mass is 10.1. The normalized spacial score (nSPS) is 11.7. The minimum Gasteiger partial charge on any atom is -0.480 e. The molecule has 0 heterocycles. The SMILES string of the molecule is COCCC(NC(=O)c1cc([N+](=O)[O-])ccc1Cl)C(=O)O. The molecule has 1 amide bonds. The number of amides is 1. The van der Waals surface area contributed by atoms with E-state index in [0.29, 0.717) is 0 Å². The van der Waals surface area contributed by atoms with Crippen molar-refractivity contribution in [1.29, 1.82) is 0 Å². The number of nitro groups is 1. The highest BCUT2D eigenvalue weighted by atomic mass is 35.5. The van der Waals surface area contributed by atoms with Gasteiger partial charge >= 0.3 is 5.97 Å². The van der Waals surface area contributed by atoms with Crippen molar-refractivity contribution in [3.05, 3.63) is 38.9 Å². The van der Waals surface area contributed by atoms with Gasteiger partial charge in [0.15, 0.2) is 0 Å². The second-order valence-electron chi connectivity index (χ2n) is 4.07. The zero-order chi connectivity index (χ0) is 16.0. The number of halogens is 1. The Hall–Kier alpha value is -2.19. The fraction of sp³-hybridized carbons (Fsp3) is 0.333. The largest absolute Gasteiger partial charge is 0.480 e. The molecule has 0 bridgehead atoms. The van der Waals surface area contributed by atoms with Gasteiger partial charge in [-0.1, -0.05) is 11.6 Å². The summed E-state index contributed by atoms with van der Waals surface area (Å²) in [5.74, 6) is -2.03. The van der Waals surface area contributed by atoms with Crippen LogP contribution in [0.3, 0.4) is 0 Å². The van der Waals surface area contributed by atoms with Crippen LogP contribution in [0.2, 0.25) is 5.02 Å². The van der Waals surface area contributed by atoms with Crippen molar-refractivity contribution in [3.8, 4) is 0 Å². The predicted octanol–water partition coefficient (Wildman–Crippen LogP) is 1.47. The molecule has 0 saturated carbocycles. The van der Waals surface area contributed by atoms with Gasteiger partial charge in [0.25, 0.3) is 11.6 Å².